The number of ether oxygens (including phenoxy) is 1. The summed E-state index contributed by atoms with van der Waals surface area (Å²) in [6.45, 7) is 0.740. The summed E-state index contributed by atoms with van der Waals surface area (Å²) in [5.74, 6) is 0. The van der Waals surface area contributed by atoms with Gasteiger partial charge >= 0.3 is 0 Å². The fourth-order valence-electron chi connectivity index (χ4n) is 1.58. The van der Waals surface area contributed by atoms with Crippen molar-refractivity contribution in [3.63, 3.8) is 0 Å². The average molecular weight is 371 g/mol. The van der Waals surface area contributed by atoms with E-state index < -0.39 is 0 Å². The third-order valence-corrected chi connectivity index (χ3v) is 5.12. The Bertz CT molecular complexity index is 327. The summed E-state index contributed by atoms with van der Waals surface area (Å²) in [4.78, 5) is 0. The van der Waals surface area contributed by atoms with Gasteiger partial charge in [0.25, 0.3) is 0 Å². The van der Waals surface area contributed by atoms with Crippen molar-refractivity contribution in [3.8, 4) is 0 Å². The first-order valence-electron chi connectivity index (χ1n) is 5.05. The van der Waals surface area contributed by atoms with E-state index in [1.165, 1.54) is 5.56 Å². The number of methoxy groups -OCH3 is 1. The second-order valence-corrected chi connectivity index (χ2v) is 5.36. The Morgan fingerprint density at radius 3 is 2.50 bits per heavy atom. The van der Waals surface area contributed by atoms with Crippen molar-refractivity contribution >= 4 is 43.5 Å². The summed E-state index contributed by atoms with van der Waals surface area (Å²) >= 11 is 13.2. The molecule has 1 aromatic rings. The molecule has 0 heterocycles. The summed E-state index contributed by atoms with van der Waals surface area (Å²) in [5, 5.41) is 2.55. The summed E-state index contributed by atoms with van der Waals surface area (Å²) in [6.07, 6.45) is 0.959. The van der Waals surface area contributed by atoms with Gasteiger partial charge in [-0.2, -0.15) is 0 Å². The van der Waals surface area contributed by atoms with E-state index in [1.54, 1.807) is 7.11 Å². The number of benzene rings is 1. The Hall–Kier alpha value is 0.430. The molecule has 90 valence electrons. The van der Waals surface area contributed by atoms with Crippen molar-refractivity contribution < 1.29 is 4.74 Å². The Morgan fingerprint density at radius 1 is 1.31 bits per heavy atom. The maximum atomic E-state index is 6.04. The minimum absolute atomic E-state index is 0.0426. The molecule has 4 heteroatoms. The number of alkyl halides is 2. The first-order chi connectivity index (χ1) is 7.68. The lowest BCUT2D eigenvalue weighted by Gasteiger charge is -2.30. The molecule has 0 fully saturated rings. The smallest absolute Gasteiger partial charge is 0.0471 e. The Labute approximate surface area is 119 Å². The lowest BCUT2D eigenvalue weighted by atomic mass is 9.82. The summed E-state index contributed by atoms with van der Waals surface area (Å²) < 4.78 is 5.18. The van der Waals surface area contributed by atoms with Crippen molar-refractivity contribution in [3.05, 3.63) is 34.9 Å². The molecule has 0 radical (unpaired) electrons. The minimum atomic E-state index is 0.0426. The van der Waals surface area contributed by atoms with Crippen LogP contribution in [0.2, 0.25) is 5.02 Å². The van der Waals surface area contributed by atoms with Gasteiger partial charge in [0, 0.05) is 34.8 Å². The van der Waals surface area contributed by atoms with Crippen LogP contribution in [-0.2, 0) is 10.2 Å². The molecule has 1 nitrogen and oxygen atoms in total. The van der Waals surface area contributed by atoms with E-state index in [0.717, 1.165) is 28.7 Å². The highest BCUT2D eigenvalue weighted by atomic mass is 79.9. The van der Waals surface area contributed by atoms with Gasteiger partial charge in [0.1, 0.15) is 0 Å². The van der Waals surface area contributed by atoms with Crippen LogP contribution in [-0.4, -0.2) is 24.4 Å². The molecule has 1 rings (SSSR count). The molecule has 0 spiro atoms. The molecule has 0 bridgehead atoms. The molecule has 0 N–H and O–H groups in total. The van der Waals surface area contributed by atoms with Gasteiger partial charge in [-0.15, -0.1) is 0 Å². The van der Waals surface area contributed by atoms with E-state index in [1.807, 2.05) is 18.2 Å². The maximum Gasteiger partial charge on any atom is 0.0471 e. The highest BCUT2D eigenvalue weighted by Crippen LogP contribution is 2.33. The molecular weight excluding hydrogens is 355 g/mol. The van der Waals surface area contributed by atoms with E-state index in [9.17, 15) is 0 Å². The van der Waals surface area contributed by atoms with Crippen LogP contribution in [0.3, 0.4) is 0 Å². The van der Waals surface area contributed by atoms with Crippen LogP contribution in [0, 0.1) is 0 Å². The molecule has 0 saturated heterocycles. The molecule has 16 heavy (non-hydrogen) atoms. The van der Waals surface area contributed by atoms with Gasteiger partial charge in [-0.3, -0.25) is 0 Å². The van der Waals surface area contributed by atoms with Crippen molar-refractivity contribution in [2.24, 2.45) is 0 Å². The number of rotatable bonds is 6. The monoisotopic (exact) mass is 368 g/mol. The highest BCUT2D eigenvalue weighted by Gasteiger charge is 2.29. The molecule has 0 aliphatic carbocycles. The molecule has 1 aromatic carbocycles. The first kappa shape index (κ1) is 14.5. The van der Waals surface area contributed by atoms with Gasteiger partial charge in [0.05, 0.1) is 0 Å². The van der Waals surface area contributed by atoms with Crippen LogP contribution >= 0.6 is 43.5 Å². The zero-order valence-corrected chi connectivity index (χ0v) is 13.1. The van der Waals surface area contributed by atoms with E-state index in [4.69, 9.17) is 16.3 Å². The summed E-state index contributed by atoms with van der Waals surface area (Å²) in [6, 6.07) is 8.03. The number of halogens is 3. The van der Waals surface area contributed by atoms with E-state index >= 15 is 0 Å². The second-order valence-electron chi connectivity index (χ2n) is 3.80. The predicted molar refractivity (Wildman–Crippen MR) is 77.2 cm³/mol. The van der Waals surface area contributed by atoms with Crippen LogP contribution in [0.1, 0.15) is 12.0 Å². The van der Waals surface area contributed by atoms with Crippen molar-refractivity contribution in [2.45, 2.75) is 11.8 Å². The quantitative estimate of drug-likeness (QED) is 0.674. The van der Waals surface area contributed by atoms with Crippen molar-refractivity contribution in [1.29, 1.82) is 0 Å². The van der Waals surface area contributed by atoms with Gasteiger partial charge in [0.2, 0.25) is 0 Å². The van der Waals surface area contributed by atoms with Crippen LogP contribution in [0.25, 0.3) is 0 Å². The van der Waals surface area contributed by atoms with Gasteiger partial charge in [-0.1, -0.05) is 55.6 Å². The van der Waals surface area contributed by atoms with Crippen molar-refractivity contribution in [2.75, 3.05) is 24.4 Å². The molecule has 0 aliphatic rings. The zero-order chi connectivity index (χ0) is 12.0. The first-order valence-corrected chi connectivity index (χ1v) is 7.67. The van der Waals surface area contributed by atoms with Gasteiger partial charge < -0.3 is 4.74 Å². The molecule has 0 aromatic heterocycles. The zero-order valence-electron chi connectivity index (χ0n) is 9.18. The van der Waals surface area contributed by atoms with E-state index in [-0.39, 0.29) is 5.41 Å². The molecule has 0 aliphatic heterocycles. The molecule has 0 saturated carbocycles. The largest absolute Gasteiger partial charge is 0.385 e. The van der Waals surface area contributed by atoms with Gasteiger partial charge in [-0.05, 0) is 24.1 Å². The molecular formula is C12H15Br2ClO. The Kier molecular flexibility index (Phi) is 6.34. The van der Waals surface area contributed by atoms with Crippen LogP contribution in [0.4, 0.5) is 0 Å². The lowest BCUT2D eigenvalue weighted by molar-refractivity contribution is 0.177. The van der Waals surface area contributed by atoms with Crippen LogP contribution in [0.5, 0.6) is 0 Å². The Morgan fingerprint density at radius 2 is 2.00 bits per heavy atom. The molecule has 0 atom stereocenters. The second kappa shape index (κ2) is 7.00. The maximum absolute atomic E-state index is 6.04. The third-order valence-electron chi connectivity index (χ3n) is 2.73. The van der Waals surface area contributed by atoms with E-state index in [0.29, 0.717) is 0 Å². The predicted octanol–water partition coefficient (Wildman–Crippen LogP) is 4.40. The van der Waals surface area contributed by atoms with Gasteiger partial charge in [0.15, 0.2) is 0 Å². The fraction of sp³-hybridized carbons (Fsp3) is 0.500. The van der Waals surface area contributed by atoms with Crippen LogP contribution in [0.15, 0.2) is 24.3 Å². The summed E-state index contributed by atoms with van der Waals surface area (Å²) in [5.41, 5.74) is 1.28. The Balaban J connectivity index is 2.99. The highest BCUT2D eigenvalue weighted by molar-refractivity contribution is 9.09. The molecule has 0 unspecified atom stereocenters. The minimum Gasteiger partial charge on any atom is -0.385 e. The standard InChI is InChI=1S/C12H15Br2ClO/c1-16-6-5-12(8-13,9-14)10-3-2-4-11(15)7-10/h2-4,7H,5-6,8-9H2,1H3. The fourth-order valence-corrected chi connectivity index (χ4v) is 3.91. The lowest BCUT2D eigenvalue weighted by Crippen LogP contribution is -2.31. The SMILES string of the molecule is COCCC(CBr)(CBr)c1cccc(Cl)c1. The normalized spacial score (nSPS) is 11.8. The summed E-state index contributed by atoms with van der Waals surface area (Å²) in [7, 11) is 1.73. The molecule has 0 amide bonds. The van der Waals surface area contributed by atoms with Crippen LogP contribution < -0.4 is 0 Å². The third kappa shape index (κ3) is 3.46. The number of hydrogen-bond donors (Lipinski definition) is 0. The van der Waals surface area contributed by atoms with E-state index in [2.05, 4.69) is 37.9 Å². The topological polar surface area (TPSA) is 9.23 Å². The average Bonchev–Trinajstić information content (AvgIpc) is 2.31. The number of hydrogen-bond acceptors (Lipinski definition) is 1. The van der Waals surface area contributed by atoms with Gasteiger partial charge in [-0.25, -0.2) is 0 Å². The van der Waals surface area contributed by atoms with Crippen molar-refractivity contribution in [1.82, 2.24) is 0 Å².